The highest BCUT2D eigenvalue weighted by Gasteiger charge is 2.11. The maximum absolute atomic E-state index is 11.9. The Kier molecular flexibility index (Phi) is 3.10. The predicted octanol–water partition coefficient (Wildman–Crippen LogP) is 3.04. The molecular formula is C14H16N2O2. The van der Waals surface area contributed by atoms with Crippen LogP contribution in [0.25, 0.3) is 0 Å². The van der Waals surface area contributed by atoms with Gasteiger partial charge in [0.05, 0.1) is 16.9 Å². The fraction of sp³-hybridized carbons (Fsp3) is 0.214. The number of hydrogen-bond acceptors (Lipinski definition) is 3. The van der Waals surface area contributed by atoms with Gasteiger partial charge < -0.3 is 15.5 Å². The third-order valence-electron chi connectivity index (χ3n) is 2.91. The molecule has 94 valence electrons. The molecule has 1 amide bonds. The van der Waals surface area contributed by atoms with Crippen molar-refractivity contribution in [3.63, 3.8) is 0 Å². The number of benzene rings is 1. The molecule has 0 aliphatic heterocycles. The van der Waals surface area contributed by atoms with Crippen LogP contribution in [-0.2, 0) is 0 Å². The molecule has 1 aromatic heterocycles. The number of furan rings is 1. The van der Waals surface area contributed by atoms with Crippen molar-refractivity contribution in [2.24, 2.45) is 0 Å². The first kappa shape index (κ1) is 12.2. The lowest BCUT2D eigenvalue weighted by Crippen LogP contribution is -2.12. The lowest BCUT2D eigenvalue weighted by molar-refractivity contribution is 0.102. The first-order valence-corrected chi connectivity index (χ1v) is 5.70. The standard InChI is InChI=1S/C14H16N2O2/c1-8-4-12(15)13(5-9(8)2)16-14(17)11-6-10(3)18-7-11/h4-7H,15H2,1-3H3,(H,16,17). The Balaban J connectivity index is 2.24. The van der Waals surface area contributed by atoms with Gasteiger partial charge in [0.2, 0.25) is 0 Å². The molecule has 0 saturated carbocycles. The fourth-order valence-electron chi connectivity index (χ4n) is 1.70. The number of amides is 1. The minimum atomic E-state index is -0.221. The summed E-state index contributed by atoms with van der Waals surface area (Å²) >= 11 is 0. The summed E-state index contributed by atoms with van der Waals surface area (Å²) in [5.41, 5.74) is 9.75. The highest BCUT2D eigenvalue weighted by Crippen LogP contribution is 2.23. The quantitative estimate of drug-likeness (QED) is 0.798. The van der Waals surface area contributed by atoms with E-state index in [9.17, 15) is 4.79 Å². The van der Waals surface area contributed by atoms with Crippen molar-refractivity contribution < 1.29 is 9.21 Å². The molecule has 3 N–H and O–H groups in total. The zero-order valence-corrected chi connectivity index (χ0v) is 10.7. The molecular weight excluding hydrogens is 228 g/mol. The van der Waals surface area contributed by atoms with Crippen LogP contribution in [0.5, 0.6) is 0 Å². The third kappa shape index (κ3) is 2.37. The number of rotatable bonds is 2. The number of nitrogens with one attached hydrogen (secondary N) is 1. The molecule has 0 atom stereocenters. The summed E-state index contributed by atoms with van der Waals surface area (Å²) in [6.07, 6.45) is 1.43. The molecule has 2 rings (SSSR count). The second-order valence-electron chi connectivity index (χ2n) is 4.42. The van der Waals surface area contributed by atoms with E-state index in [1.54, 1.807) is 13.0 Å². The number of carbonyl (C=O) groups is 1. The van der Waals surface area contributed by atoms with Gasteiger partial charge in [0.1, 0.15) is 12.0 Å². The minimum absolute atomic E-state index is 0.221. The number of nitrogens with two attached hydrogens (primary N) is 1. The van der Waals surface area contributed by atoms with Gasteiger partial charge in [-0.3, -0.25) is 4.79 Å². The average molecular weight is 244 g/mol. The summed E-state index contributed by atoms with van der Waals surface area (Å²) in [4.78, 5) is 11.9. The van der Waals surface area contributed by atoms with Crippen LogP contribution in [0.1, 0.15) is 27.2 Å². The van der Waals surface area contributed by atoms with Crippen molar-refractivity contribution in [3.05, 3.63) is 46.9 Å². The van der Waals surface area contributed by atoms with E-state index >= 15 is 0 Å². The topological polar surface area (TPSA) is 68.3 Å². The summed E-state index contributed by atoms with van der Waals surface area (Å²) in [6.45, 7) is 5.75. The molecule has 0 aliphatic carbocycles. The number of aryl methyl sites for hydroxylation is 3. The average Bonchev–Trinajstić information content (AvgIpc) is 2.73. The summed E-state index contributed by atoms with van der Waals surface area (Å²) < 4.78 is 5.10. The fourth-order valence-corrected chi connectivity index (χ4v) is 1.70. The summed E-state index contributed by atoms with van der Waals surface area (Å²) in [5.74, 6) is 0.481. The van der Waals surface area contributed by atoms with Crippen molar-refractivity contribution in [2.45, 2.75) is 20.8 Å². The molecule has 18 heavy (non-hydrogen) atoms. The molecule has 0 unspecified atom stereocenters. The van der Waals surface area contributed by atoms with Gasteiger partial charge >= 0.3 is 0 Å². The summed E-state index contributed by atoms with van der Waals surface area (Å²) in [5, 5.41) is 2.78. The van der Waals surface area contributed by atoms with Crippen LogP contribution in [0.15, 0.2) is 28.9 Å². The molecule has 4 nitrogen and oxygen atoms in total. The van der Waals surface area contributed by atoms with E-state index in [-0.39, 0.29) is 5.91 Å². The van der Waals surface area contributed by atoms with Crippen molar-refractivity contribution in [2.75, 3.05) is 11.1 Å². The lowest BCUT2D eigenvalue weighted by Gasteiger charge is -2.10. The zero-order valence-electron chi connectivity index (χ0n) is 10.7. The first-order chi connectivity index (χ1) is 8.47. The number of hydrogen-bond donors (Lipinski definition) is 2. The maximum atomic E-state index is 11.9. The minimum Gasteiger partial charge on any atom is -0.469 e. The largest absolute Gasteiger partial charge is 0.469 e. The van der Waals surface area contributed by atoms with Gasteiger partial charge in [0.15, 0.2) is 0 Å². The van der Waals surface area contributed by atoms with Gasteiger partial charge in [-0.05, 0) is 50.1 Å². The molecule has 0 radical (unpaired) electrons. The Morgan fingerprint density at radius 3 is 2.44 bits per heavy atom. The first-order valence-electron chi connectivity index (χ1n) is 5.70. The Morgan fingerprint density at radius 2 is 1.83 bits per heavy atom. The Labute approximate surface area is 106 Å². The third-order valence-corrected chi connectivity index (χ3v) is 2.91. The van der Waals surface area contributed by atoms with Gasteiger partial charge in [-0.25, -0.2) is 0 Å². The second kappa shape index (κ2) is 4.56. The second-order valence-corrected chi connectivity index (χ2v) is 4.42. The van der Waals surface area contributed by atoms with Gasteiger partial charge in [-0.1, -0.05) is 0 Å². The van der Waals surface area contributed by atoms with Gasteiger partial charge in [0.25, 0.3) is 5.91 Å². The molecule has 0 aliphatic rings. The van der Waals surface area contributed by atoms with Crippen LogP contribution in [0.2, 0.25) is 0 Å². The van der Waals surface area contributed by atoms with Crippen molar-refractivity contribution >= 4 is 17.3 Å². The van der Waals surface area contributed by atoms with Crippen LogP contribution in [0, 0.1) is 20.8 Å². The van der Waals surface area contributed by atoms with E-state index in [1.807, 2.05) is 26.0 Å². The smallest absolute Gasteiger partial charge is 0.258 e. The van der Waals surface area contributed by atoms with E-state index < -0.39 is 0 Å². The van der Waals surface area contributed by atoms with E-state index in [0.717, 1.165) is 11.1 Å². The molecule has 1 aromatic carbocycles. The van der Waals surface area contributed by atoms with Gasteiger partial charge in [-0.15, -0.1) is 0 Å². The molecule has 0 fully saturated rings. The van der Waals surface area contributed by atoms with Crippen LogP contribution in [0.3, 0.4) is 0 Å². The summed E-state index contributed by atoms with van der Waals surface area (Å²) in [6, 6.07) is 5.41. The molecule has 2 aromatic rings. The Hall–Kier alpha value is -2.23. The maximum Gasteiger partial charge on any atom is 0.258 e. The SMILES string of the molecule is Cc1cc(C(=O)Nc2cc(C)c(C)cc2N)co1. The Morgan fingerprint density at radius 1 is 1.17 bits per heavy atom. The molecule has 0 spiro atoms. The van der Waals surface area contributed by atoms with Crippen LogP contribution >= 0.6 is 0 Å². The van der Waals surface area contributed by atoms with Crippen molar-refractivity contribution in [1.29, 1.82) is 0 Å². The van der Waals surface area contributed by atoms with E-state index in [4.69, 9.17) is 10.2 Å². The van der Waals surface area contributed by atoms with Crippen LogP contribution in [0.4, 0.5) is 11.4 Å². The zero-order chi connectivity index (χ0) is 13.3. The lowest BCUT2D eigenvalue weighted by atomic mass is 10.1. The predicted molar refractivity (Wildman–Crippen MR) is 71.7 cm³/mol. The summed E-state index contributed by atoms with van der Waals surface area (Å²) in [7, 11) is 0. The van der Waals surface area contributed by atoms with Crippen molar-refractivity contribution in [3.8, 4) is 0 Å². The monoisotopic (exact) mass is 244 g/mol. The van der Waals surface area contributed by atoms with Crippen LogP contribution < -0.4 is 11.1 Å². The molecule has 1 heterocycles. The van der Waals surface area contributed by atoms with Crippen molar-refractivity contribution in [1.82, 2.24) is 0 Å². The number of carbonyl (C=O) groups excluding carboxylic acids is 1. The molecule has 0 bridgehead atoms. The molecule has 0 saturated heterocycles. The molecule has 4 heteroatoms. The highest BCUT2D eigenvalue weighted by molar-refractivity contribution is 6.05. The Bertz CT molecular complexity index is 600. The van der Waals surface area contributed by atoms with E-state index in [2.05, 4.69) is 5.32 Å². The van der Waals surface area contributed by atoms with E-state index in [1.165, 1.54) is 6.26 Å². The van der Waals surface area contributed by atoms with Gasteiger partial charge in [-0.2, -0.15) is 0 Å². The van der Waals surface area contributed by atoms with E-state index in [0.29, 0.717) is 22.7 Å². The van der Waals surface area contributed by atoms with Gasteiger partial charge in [0, 0.05) is 0 Å². The normalized spacial score (nSPS) is 10.4. The highest BCUT2D eigenvalue weighted by atomic mass is 16.3. The number of anilines is 2. The number of nitrogen functional groups attached to an aromatic ring is 1. The van der Waals surface area contributed by atoms with Crippen LogP contribution in [-0.4, -0.2) is 5.91 Å².